The Hall–Kier alpha value is -1.75. The van der Waals surface area contributed by atoms with Crippen LogP contribution in [0, 0.1) is 0 Å². The average Bonchev–Trinajstić information content (AvgIpc) is 2.42. The largest absolute Gasteiger partial charge is 0.384 e. The topological polar surface area (TPSA) is 63.2 Å². The van der Waals surface area contributed by atoms with Crippen molar-refractivity contribution in [2.75, 3.05) is 12.8 Å². The predicted molar refractivity (Wildman–Crippen MR) is 74.5 cm³/mol. The molecule has 0 saturated heterocycles. The van der Waals surface area contributed by atoms with E-state index in [0.29, 0.717) is 23.3 Å². The Morgan fingerprint density at radius 2 is 1.68 bits per heavy atom. The van der Waals surface area contributed by atoms with Crippen molar-refractivity contribution in [3.63, 3.8) is 0 Å². The summed E-state index contributed by atoms with van der Waals surface area (Å²) < 4.78 is 12.2. The number of ketones is 2. The third-order valence-electron chi connectivity index (χ3n) is 2.94. The standard InChI is InChI=1S/C14H15NO3S/c1-3-8-19(18)14-11(15-2)12(16)9-6-4-5-7-10(9)13(14)17/h4-7,15H,3,8H2,1-2H3. The first-order valence-electron chi connectivity index (χ1n) is 6.10. The normalized spacial score (nSPS) is 16.3. The van der Waals surface area contributed by atoms with Crippen LogP contribution in [0.2, 0.25) is 0 Å². The fourth-order valence-corrected chi connectivity index (χ4v) is 3.40. The summed E-state index contributed by atoms with van der Waals surface area (Å²) in [7, 11) is 0.119. The Bertz CT molecular complexity index is 604. The van der Waals surface area contributed by atoms with Gasteiger partial charge in [-0.05, 0) is 6.42 Å². The number of nitrogens with one attached hydrogen (secondary N) is 1. The lowest BCUT2D eigenvalue weighted by Gasteiger charge is -2.20. The summed E-state index contributed by atoms with van der Waals surface area (Å²) >= 11 is 0. The Balaban J connectivity index is 2.60. The van der Waals surface area contributed by atoms with Crippen molar-refractivity contribution in [1.82, 2.24) is 5.32 Å². The molecule has 0 saturated carbocycles. The maximum Gasteiger partial charge on any atom is 0.210 e. The molecule has 19 heavy (non-hydrogen) atoms. The lowest BCUT2D eigenvalue weighted by molar-refractivity contribution is 0.0976. The Morgan fingerprint density at radius 1 is 1.11 bits per heavy atom. The van der Waals surface area contributed by atoms with Crippen LogP contribution in [-0.4, -0.2) is 28.6 Å². The van der Waals surface area contributed by atoms with Gasteiger partial charge in [-0.15, -0.1) is 0 Å². The molecule has 100 valence electrons. The number of likely N-dealkylation sites (N-methyl/N-ethyl adjacent to an activating group) is 1. The molecule has 1 atom stereocenters. The van der Waals surface area contributed by atoms with E-state index in [4.69, 9.17) is 0 Å². The van der Waals surface area contributed by atoms with E-state index in [0.717, 1.165) is 0 Å². The number of fused-ring (bicyclic) bond motifs is 1. The molecular formula is C14H15NO3S. The fraction of sp³-hybridized carbons (Fsp3) is 0.286. The Labute approximate surface area is 114 Å². The molecule has 0 aromatic heterocycles. The summed E-state index contributed by atoms with van der Waals surface area (Å²) in [5, 5.41) is 2.73. The van der Waals surface area contributed by atoms with Crippen molar-refractivity contribution in [1.29, 1.82) is 0 Å². The molecule has 0 heterocycles. The molecule has 1 aromatic rings. The highest BCUT2D eigenvalue weighted by Gasteiger charge is 2.34. The molecule has 1 aliphatic rings. The van der Waals surface area contributed by atoms with Gasteiger partial charge >= 0.3 is 0 Å². The van der Waals surface area contributed by atoms with Gasteiger partial charge in [-0.3, -0.25) is 13.8 Å². The summed E-state index contributed by atoms with van der Waals surface area (Å²) in [6.45, 7) is 1.89. The number of allylic oxidation sites excluding steroid dienone is 2. The molecule has 0 fully saturated rings. The zero-order valence-corrected chi connectivity index (χ0v) is 11.7. The van der Waals surface area contributed by atoms with Crippen LogP contribution >= 0.6 is 0 Å². The zero-order chi connectivity index (χ0) is 14.0. The highest BCUT2D eigenvalue weighted by molar-refractivity contribution is 7.90. The van der Waals surface area contributed by atoms with Gasteiger partial charge in [0.25, 0.3) is 0 Å². The van der Waals surface area contributed by atoms with Crippen molar-refractivity contribution in [3.8, 4) is 0 Å². The van der Waals surface area contributed by atoms with E-state index < -0.39 is 10.8 Å². The van der Waals surface area contributed by atoms with Gasteiger partial charge in [-0.1, -0.05) is 31.2 Å². The molecule has 2 rings (SSSR count). The number of benzene rings is 1. The van der Waals surface area contributed by atoms with Gasteiger partial charge in [0.2, 0.25) is 11.6 Å². The lowest BCUT2D eigenvalue weighted by atomic mass is 9.92. The van der Waals surface area contributed by atoms with Gasteiger partial charge in [0, 0.05) is 23.9 Å². The van der Waals surface area contributed by atoms with Gasteiger partial charge in [0.05, 0.1) is 10.8 Å². The number of rotatable bonds is 4. The van der Waals surface area contributed by atoms with Gasteiger partial charge in [-0.2, -0.15) is 0 Å². The summed E-state index contributed by atoms with van der Waals surface area (Å²) in [5.41, 5.74) is 0.871. The number of hydrogen-bond acceptors (Lipinski definition) is 4. The second-order valence-corrected chi connectivity index (χ2v) is 5.72. The number of hydrogen-bond donors (Lipinski definition) is 1. The minimum atomic E-state index is -1.45. The summed E-state index contributed by atoms with van der Waals surface area (Å²) in [5.74, 6) is -0.203. The molecule has 5 heteroatoms. The van der Waals surface area contributed by atoms with Crippen LogP contribution in [0.3, 0.4) is 0 Å². The molecular weight excluding hydrogens is 262 g/mol. The van der Waals surface area contributed by atoms with Crippen LogP contribution < -0.4 is 5.32 Å². The molecule has 0 spiro atoms. The van der Waals surface area contributed by atoms with E-state index in [9.17, 15) is 13.8 Å². The van der Waals surface area contributed by atoms with Crippen molar-refractivity contribution in [3.05, 3.63) is 46.0 Å². The Kier molecular flexibility index (Phi) is 3.95. The van der Waals surface area contributed by atoms with Gasteiger partial charge in [0.1, 0.15) is 10.6 Å². The van der Waals surface area contributed by atoms with Gasteiger partial charge in [0.15, 0.2) is 0 Å². The minimum absolute atomic E-state index is 0.105. The number of Topliss-reactive ketones (excluding diaryl/α,β-unsaturated/α-hetero) is 2. The molecule has 0 aliphatic heterocycles. The predicted octanol–water partition coefficient (Wildman–Crippen LogP) is 1.66. The van der Waals surface area contributed by atoms with E-state index in [1.807, 2.05) is 6.92 Å². The van der Waals surface area contributed by atoms with E-state index in [1.54, 1.807) is 31.3 Å². The van der Waals surface area contributed by atoms with E-state index in [2.05, 4.69) is 5.32 Å². The monoisotopic (exact) mass is 277 g/mol. The second-order valence-electron chi connectivity index (χ2n) is 4.21. The molecule has 0 amide bonds. The number of carbonyl (C=O) groups is 2. The van der Waals surface area contributed by atoms with Crippen LogP contribution in [-0.2, 0) is 10.8 Å². The summed E-state index contributed by atoms with van der Waals surface area (Å²) in [4.78, 5) is 24.8. The van der Waals surface area contributed by atoms with Crippen molar-refractivity contribution in [2.45, 2.75) is 13.3 Å². The van der Waals surface area contributed by atoms with Crippen LogP contribution in [0.4, 0.5) is 0 Å². The van der Waals surface area contributed by atoms with E-state index in [1.165, 1.54) is 0 Å². The third-order valence-corrected chi connectivity index (χ3v) is 4.57. The Morgan fingerprint density at radius 3 is 2.21 bits per heavy atom. The lowest BCUT2D eigenvalue weighted by Crippen LogP contribution is -2.30. The van der Waals surface area contributed by atoms with Crippen LogP contribution in [0.25, 0.3) is 0 Å². The smallest absolute Gasteiger partial charge is 0.210 e. The van der Waals surface area contributed by atoms with Gasteiger partial charge in [-0.25, -0.2) is 0 Å². The molecule has 0 radical (unpaired) electrons. The van der Waals surface area contributed by atoms with E-state index >= 15 is 0 Å². The van der Waals surface area contributed by atoms with Crippen LogP contribution in [0.1, 0.15) is 34.1 Å². The molecule has 0 bridgehead atoms. The first-order valence-corrected chi connectivity index (χ1v) is 7.42. The maximum absolute atomic E-state index is 12.4. The minimum Gasteiger partial charge on any atom is -0.384 e. The summed E-state index contributed by atoms with van der Waals surface area (Å²) in [6, 6.07) is 6.64. The third kappa shape index (κ3) is 2.26. The first kappa shape index (κ1) is 13.7. The van der Waals surface area contributed by atoms with Gasteiger partial charge < -0.3 is 5.32 Å². The summed E-state index contributed by atoms with van der Waals surface area (Å²) in [6.07, 6.45) is 0.691. The zero-order valence-electron chi connectivity index (χ0n) is 10.9. The second kappa shape index (κ2) is 5.48. The van der Waals surface area contributed by atoms with Crippen LogP contribution in [0.15, 0.2) is 34.9 Å². The van der Waals surface area contributed by atoms with Crippen molar-refractivity contribution >= 4 is 22.4 Å². The van der Waals surface area contributed by atoms with Crippen molar-refractivity contribution in [2.24, 2.45) is 0 Å². The van der Waals surface area contributed by atoms with Crippen molar-refractivity contribution < 1.29 is 13.8 Å². The van der Waals surface area contributed by atoms with E-state index in [-0.39, 0.29) is 22.2 Å². The highest BCUT2D eigenvalue weighted by Crippen LogP contribution is 2.27. The maximum atomic E-state index is 12.4. The molecule has 4 nitrogen and oxygen atoms in total. The highest BCUT2D eigenvalue weighted by atomic mass is 32.2. The van der Waals surface area contributed by atoms with Crippen LogP contribution in [0.5, 0.6) is 0 Å². The molecule has 1 aliphatic carbocycles. The SMILES string of the molecule is CCCS(=O)C1=C(NC)C(=O)c2ccccc2C1=O. The number of carbonyl (C=O) groups excluding carboxylic acids is 2. The molecule has 1 unspecified atom stereocenters. The average molecular weight is 277 g/mol. The molecule has 1 N–H and O–H groups in total. The molecule has 1 aromatic carbocycles. The fourth-order valence-electron chi connectivity index (χ4n) is 2.08. The quantitative estimate of drug-likeness (QED) is 0.909. The first-order chi connectivity index (χ1) is 9.11.